The first kappa shape index (κ1) is 32.5. The predicted octanol–water partition coefficient (Wildman–Crippen LogP) is 7.24. The van der Waals surface area contributed by atoms with Gasteiger partial charge in [0, 0.05) is 49.3 Å². The molecule has 2 atom stereocenters. The molecular formula is C28H33F5O7Si. The van der Waals surface area contributed by atoms with Crippen molar-refractivity contribution in [3.05, 3.63) is 59.0 Å². The second-order valence-corrected chi connectivity index (χ2v) is 11.6. The Balaban J connectivity index is 1.63. The minimum atomic E-state index is -4.94. The average molecular weight is 605 g/mol. The Bertz CT molecular complexity index is 1300. The quantitative estimate of drug-likeness (QED) is 0.0969. The Hall–Kier alpha value is -3.00. The fourth-order valence-electron chi connectivity index (χ4n) is 4.24. The minimum absolute atomic E-state index is 0.0840. The van der Waals surface area contributed by atoms with E-state index in [1.807, 2.05) is 0 Å². The van der Waals surface area contributed by atoms with Crippen LogP contribution in [0.3, 0.4) is 0 Å². The molecule has 0 aliphatic heterocycles. The summed E-state index contributed by atoms with van der Waals surface area (Å²) in [6, 6.07) is 11.2. The van der Waals surface area contributed by atoms with Crippen LogP contribution in [0.25, 0.3) is 22.1 Å². The third-order valence-electron chi connectivity index (χ3n) is 5.98. The van der Waals surface area contributed by atoms with Crippen molar-refractivity contribution in [1.82, 2.24) is 0 Å². The van der Waals surface area contributed by atoms with Crippen molar-refractivity contribution in [3.63, 3.8) is 0 Å². The predicted molar refractivity (Wildman–Crippen MR) is 145 cm³/mol. The molecule has 0 aliphatic rings. The van der Waals surface area contributed by atoms with Gasteiger partial charge in [0.15, 0.2) is 0 Å². The molecular weight excluding hydrogens is 571 g/mol. The van der Waals surface area contributed by atoms with Crippen LogP contribution < -0.4 is 15.1 Å². The van der Waals surface area contributed by atoms with Gasteiger partial charge in [-0.3, -0.25) is 0 Å². The molecule has 0 saturated heterocycles. The molecule has 1 heterocycles. The van der Waals surface area contributed by atoms with E-state index in [0.29, 0.717) is 25.2 Å². The van der Waals surface area contributed by atoms with Gasteiger partial charge in [-0.05, 0) is 51.5 Å². The number of rotatable bonds is 16. The maximum absolute atomic E-state index is 14.6. The Morgan fingerprint density at radius 2 is 1.49 bits per heavy atom. The van der Waals surface area contributed by atoms with Crippen molar-refractivity contribution in [1.29, 1.82) is 0 Å². The summed E-state index contributed by atoms with van der Waals surface area (Å²) >= 11 is 0. The molecule has 3 aromatic rings. The summed E-state index contributed by atoms with van der Waals surface area (Å²) < 4.78 is 99.6. The Morgan fingerprint density at radius 1 is 0.854 bits per heavy atom. The first-order valence-corrected chi connectivity index (χ1v) is 15.2. The SMILES string of the molecule is CCO[Si](CCC(F)C(F)CCOc1ccc2cc(-c3ccccc3OC(F)(F)F)c(=O)oc2c1)(OCC)OCC. The fraction of sp³-hybridized carbons (Fsp3) is 0.464. The number of hydrogen-bond donors (Lipinski definition) is 0. The van der Waals surface area contributed by atoms with Crippen molar-refractivity contribution >= 4 is 19.8 Å². The Kier molecular flexibility index (Phi) is 11.7. The van der Waals surface area contributed by atoms with Crippen molar-refractivity contribution in [2.75, 3.05) is 26.4 Å². The van der Waals surface area contributed by atoms with Crippen molar-refractivity contribution < 1.29 is 49.1 Å². The lowest BCUT2D eigenvalue weighted by molar-refractivity contribution is -0.274. The molecule has 0 N–H and O–H groups in total. The third kappa shape index (κ3) is 9.25. The van der Waals surface area contributed by atoms with E-state index in [2.05, 4.69) is 4.74 Å². The highest BCUT2D eigenvalue weighted by Crippen LogP contribution is 2.34. The lowest BCUT2D eigenvalue weighted by atomic mass is 10.0. The number of hydrogen-bond acceptors (Lipinski definition) is 7. The van der Waals surface area contributed by atoms with E-state index in [4.69, 9.17) is 22.4 Å². The smallest absolute Gasteiger partial charge is 0.493 e. The second kappa shape index (κ2) is 14.8. The van der Waals surface area contributed by atoms with E-state index in [1.54, 1.807) is 20.8 Å². The van der Waals surface area contributed by atoms with Crippen LogP contribution in [0.4, 0.5) is 22.0 Å². The van der Waals surface area contributed by atoms with Gasteiger partial charge in [0.1, 0.15) is 29.4 Å². The number of alkyl halides is 5. The first-order valence-electron chi connectivity index (χ1n) is 13.3. The molecule has 3 rings (SSSR count). The summed E-state index contributed by atoms with van der Waals surface area (Å²) in [5.74, 6) is -0.299. The molecule has 0 bridgehead atoms. The van der Waals surface area contributed by atoms with E-state index in [1.165, 1.54) is 42.5 Å². The molecule has 7 nitrogen and oxygen atoms in total. The molecule has 1 aromatic heterocycles. The van der Waals surface area contributed by atoms with Gasteiger partial charge in [-0.25, -0.2) is 13.6 Å². The molecule has 13 heteroatoms. The molecule has 41 heavy (non-hydrogen) atoms. The maximum atomic E-state index is 14.6. The van der Waals surface area contributed by atoms with E-state index in [0.717, 1.165) is 6.07 Å². The highest BCUT2D eigenvalue weighted by atomic mass is 28.4. The van der Waals surface area contributed by atoms with E-state index < -0.39 is 38.9 Å². The van der Waals surface area contributed by atoms with Crippen LogP contribution >= 0.6 is 0 Å². The zero-order valence-corrected chi connectivity index (χ0v) is 24.0. The van der Waals surface area contributed by atoms with Gasteiger partial charge < -0.3 is 27.2 Å². The number of halogens is 5. The molecule has 0 fully saturated rings. The Labute approximate surface area is 235 Å². The summed E-state index contributed by atoms with van der Waals surface area (Å²) in [7, 11) is -3.09. The van der Waals surface area contributed by atoms with Crippen LogP contribution in [0, 0.1) is 0 Å². The molecule has 0 spiro atoms. The van der Waals surface area contributed by atoms with Gasteiger partial charge >= 0.3 is 20.8 Å². The lowest BCUT2D eigenvalue weighted by Crippen LogP contribution is -2.46. The minimum Gasteiger partial charge on any atom is -0.493 e. The number of ether oxygens (including phenoxy) is 2. The number of benzene rings is 2. The molecule has 226 valence electrons. The molecule has 2 unspecified atom stereocenters. The highest BCUT2D eigenvalue weighted by molar-refractivity contribution is 6.60. The number of fused-ring (bicyclic) bond motifs is 1. The van der Waals surface area contributed by atoms with Crippen LogP contribution in [0.5, 0.6) is 11.5 Å². The average Bonchev–Trinajstić information content (AvgIpc) is 2.91. The van der Waals surface area contributed by atoms with Gasteiger partial charge in [-0.15, -0.1) is 13.2 Å². The highest BCUT2D eigenvalue weighted by Gasteiger charge is 2.41. The summed E-state index contributed by atoms with van der Waals surface area (Å²) in [5.41, 5.74) is -0.984. The largest absolute Gasteiger partial charge is 0.573 e. The van der Waals surface area contributed by atoms with Gasteiger partial charge in [0.05, 0.1) is 12.2 Å². The molecule has 0 saturated carbocycles. The van der Waals surface area contributed by atoms with Crippen LogP contribution in [-0.2, 0) is 13.3 Å². The standard InChI is InChI=1S/C28H33F5O7Si/c1-4-36-41(37-5-2,38-6-3)16-14-24(30)23(29)13-15-35-20-12-11-19-17-22(27(34)39-26(19)18-20)21-9-7-8-10-25(21)40-28(31,32)33/h7-12,17-18,23-24H,4-6,13-16H2,1-3H3. The molecule has 0 amide bonds. The Morgan fingerprint density at radius 3 is 2.12 bits per heavy atom. The monoisotopic (exact) mass is 604 g/mol. The van der Waals surface area contributed by atoms with Crippen LogP contribution in [0.1, 0.15) is 33.6 Å². The topological polar surface area (TPSA) is 76.4 Å². The molecule has 0 aliphatic carbocycles. The normalized spacial score (nSPS) is 13.8. The van der Waals surface area contributed by atoms with Gasteiger partial charge in [-0.2, -0.15) is 0 Å². The zero-order chi connectivity index (χ0) is 30.0. The van der Waals surface area contributed by atoms with Crippen LogP contribution in [0.15, 0.2) is 57.7 Å². The number of para-hydroxylation sites is 1. The maximum Gasteiger partial charge on any atom is 0.573 e. The van der Waals surface area contributed by atoms with E-state index in [-0.39, 0.29) is 48.0 Å². The molecule has 2 aromatic carbocycles. The molecule has 0 radical (unpaired) electrons. The zero-order valence-electron chi connectivity index (χ0n) is 23.0. The third-order valence-corrected chi connectivity index (χ3v) is 9.07. The summed E-state index contributed by atoms with van der Waals surface area (Å²) in [4.78, 5) is 12.6. The summed E-state index contributed by atoms with van der Waals surface area (Å²) in [6.45, 7) is 6.21. The second-order valence-electron chi connectivity index (χ2n) is 8.88. The summed E-state index contributed by atoms with van der Waals surface area (Å²) in [6.07, 6.45) is -8.88. The first-order chi connectivity index (χ1) is 19.5. The lowest BCUT2D eigenvalue weighted by Gasteiger charge is -2.29. The van der Waals surface area contributed by atoms with Gasteiger partial charge in [-0.1, -0.05) is 18.2 Å². The van der Waals surface area contributed by atoms with Crippen LogP contribution in [-0.4, -0.2) is 53.9 Å². The van der Waals surface area contributed by atoms with Gasteiger partial charge in [0.25, 0.3) is 0 Å². The fourth-order valence-corrected chi connectivity index (χ4v) is 6.87. The van der Waals surface area contributed by atoms with E-state index in [9.17, 15) is 26.7 Å². The van der Waals surface area contributed by atoms with Gasteiger partial charge in [0.2, 0.25) is 0 Å². The van der Waals surface area contributed by atoms with Crippen LogP contribution in [0.2, 0.25) is 6.04 Å². The van der Waals surface area contributed by atoms with Crippen molar-refractivity contribution in [3.8, 4) is 22.6 Å². The van der Waals surface area contributed by atoms with E-state index >= 15 is 0 Å². The summed E-state index contributed by atoms with van der Waals surface area (Å²) in [5, 5.41) is 0.409. The van der Waals surface area contributed by atoms with Crippen molar-refractivity contribution in [2.45, 2.75) is 58.4 Å². The van der Waals surface area contributed by atoms with Crippen molar-refractivity contribution in [2.24, 2.45) is 0 Å².